The van der Waals surface area contributed by atoms with Gasteiger partial charge in [-0.25, -0.2) is 9.78 Å². The van der Waals surface area contributed by atoms with E-state index in [-0.39, 0.29) is 13.0 Å². The SMILES string of the molecule is CCOC(=O)C(OC[C@H]1C[C@@H](n2cnc3cccc(Br)c3c2=O)[C@H](O)[C@@H]1O)P(=O)(O)O. The van der Waals surface area contributed by atoms with E-state index in [2.05, 4.69) is 25.7 Å². The van der Waals surface area contributed by atoms with Crippen molar-refractivity contribution in [2.45, 2.75) is 37.4 Å². The van der Waals surface area contributed by atoms with Crippen LogP contribution in [0.2, 0.25) is 0 Å². The number of halogens is 1. The first-order chi connectivity index (χ1) is 14.6. The maximum Gasteiger partial charge on any atom is 0.365 e. The molecule has 1 aromatic heterocycles. The van der Waals surface area contributed by atoms with Crippen LogP contribution in [-0.2, 0) is 18.8 Å². The fourth-order valence-electron chi connectivity index (χ4n) is 3.65. The van der Waals surface area contributed by atoms with Gasteiger partial charge in [-0.05, 0) is 41.4 Å². The molecule has 1 unspecified atom stereocenters. The lowest BCUT2D eigenvalue weighted by molar-refractivity contribution is -0.153. The largest absolute Gasteiger partial charge is 0.464 e. The number of rotatable bonds is 7. The Morgan fingerprint density at radius 2 is 2.06 bits per heavy atom. The van der Waals surface area contributed by atoms with Gasteiger partial charge in [0.2, 0.25) is 0 Å². The Hall–Kier alpha value is -1.66. The van der Waals surface area contributed by atoms with Gasteiger partial charge in [0.05, 0.1) is 42.6 Å². The number of hydrogen-bond acceptors (Lipinski definition) is 8. The molecule has 0 amide bonds. The van der Waals surface area contributed by atoms with Crippen molar-refractivity contribution < 1.29 is 38.8 Å². The van der Waals surface area contributed by atoms with Crippen molar-refractivity contribution in [2.24, 2.45) is 5.92 Å². The third-order valence-electron chi connectivity index (χ3n) is 5.15. The second kappa shape index (κ2) is 9.45. The van der Waals surface area contributed by atoms with Gasteiger partial charge in [-0.15, -0.1) is 0 Å². The van der Waals surface area contributed by atoms with Crippen LogP contribution in [0.25, 0.3) is 10.9 Å². The minimum absolute atomic E-state index is 0.0522. The molecule has 0 saturated heterocycles. The summed E-state index contributed by atoms with van der Waals surface area (Å²) >= 11 is 3.31. The summed E-state index contributed by atoms with van der Waals surface area (Å²) in [5.41, 5.74) is 0.0392. The van der Waals surface area contributed by atoms with Gasteiger partial charge in [0.1, 0.15) is 6.10 Å². The highest BCUT2D eigenvalue weighted by molar-refractivity contribution is 9.10. The number of aliphatic hydroxyl groups is 2. The Kier molecular flexibility index (Phi) is 7.32. The van der Waals surface area contributed by atoms with Gasteiger partial charge in [-0.3, -0.25) is 13.9 Å². The van der Waals surface area contributed by atoms with E-state index < -0.39 is 55.7 Å². The molecule has 0 spiro atoms. The summed E-state index contributed by atoms with van der Waals surface area (Å²) in [6.07, 6.45) is -1.38. The molecule has 1 aliphatic rings. The Labute approximate surface area is 184 Å². The molecule has 4 N–H and O–H groups in total. The average Bonchev–Trinajstić information content (AvgIpc) is 2.96. The molecule has 0 bridgehead atoms. The maximum atomic E-state index is 13.0. The second-order valence-corrected chi connectivity index (χ2v) is 9.66. The predicted molar refractivity (Wildman–Crippen MR) is 111 cm³/mol. The van der Waals surface area contributed by atoms with Crippen molar-refractivity contribution in [1.29, 1.82) is 0 Å². The number of aromatic nitrogens is 2. The molecule has 5 atom stereocenters. The van der Waals surface area contributed by atoms with E-state index in [1.165, 1.54) is 17.8 Å². The minimum Gasteiger partial charge on any atom is -0.464 e. The summed E-state index contributed by atoms with van der Waals surface area (Å²) < 4.78 is 23.1. The van der Waals surface area contributed by atoms with Gasteiger partial charge in [0, 0.05) is 10.4 Å². The average molecular weight is 521 g/mol. The number of carbonyl (C=O) groups excluding carboxylic acids is 1. The Morgan fingerprint density at radius 1 is 1.35 bits per heavy atom. The maximum absolute atomic E-state index is 13.0. The topological polar surface area (TPSA) is 168 Å². The van der Waals surface area contributed by atoms with Crippen molar-refractivity contribution in [3.63, 3.8) is 0 Å². The molecule has 31 heavy (non-hydrogen) atoms. The lowest BCUT2D eigenvalue weighted by Gasteiger charge is -2.21. The first-order valence-electron chi connectivity index (χ1n) is 9.41. The van der Waals surface area contributed by atoms with Gasteiger partial charge in [-0.2, -0.15) is 0 Å². The number of esters is 1. The highest BCUT2D eigenvalue weighted by atomic mass is 79.9. The quantitative estimate of drug-likeness (QED) is 0.298. The second-order valence-electron chi connectivity index (χ2n) is 7.16. The molecule has 3 rings (SSSR count). The number of fused-ring (bicyclic) bond motifs is 1. The van der Waals surface area contributed by atoms with Gasteiger partial charge >= 0.3 is 13.6 Å². The van der Waals surface area contributed by atoms with Crippen LogP contribution in [0.3, 0.4) is 0 Å². The Morgan fingerprint density at radius 3 is 2.71 bits per heavy atom. The van der Waals surface area contributed by atoms with Crippen LogP contribution in [0.1, 0.15) is 19.4 Å². The summed E-state index contributed by atoms with van der Waals surface area (Å²) in [5, 5.41) is 21.3. The molecule has 0 aliphatic heterocycles. The smallest absolute Gasteiger partial charge is 0.365 e. The van der Waals surface area contributed by atoms with E-state index in [0.717, 1.165) is 0 Å². The van der Waals surface area contributed by atoms with Crippen molar-refractivity contribution in [2.75, 3.05) is 13.2 Å². The minimum atomic E-state index is -4.98. The molecule has 1 saturated carbocycles. The molecule has 2 aromatic rings. The zero-order chi connectivity index (χ0) is 22.9. The standard InChI is InChI=1S/C18H22BrN2O9P/c1-2-29-17(25)18(31(26,27)28)30-7-9-6-12(15(23)14(9)22)21-8-20-11-5-3-4-10(19)13(11)16(21)24/h3-5,8-9,12,14-15,18,22-23H,2,6-7H2,1H3,(H2,26,27,28)/t9-,12-,14-,15+,18?/m1/s1. The molecule has 13 heteroatoms. The highest BCUT2D eigenvalue weighted by Gasteiger charge is 2.45. The Balaban J connectivity index is 1.82. The molecular weight excluding hydrogens is 499 g/mol. The molecule has 1 aromatic carbocycles. The molecule has 0 radical (unpaired) electrons. The normalized spacial score (nSPS) is 25.0. The van der Waals surface area contributed by atoms with Gasteiger partial charge in [0.25, 0.3) is 11.4 Å². The van der Waals surface area contributed by atoms with Crippen LogP contribution in [0, 0.1) is 5.92 Å². The zero-order valence-electron chi connectivity index (χ0n) is 16.4. The lowest BCUT2D eigenvalue weighted by atomic mass is 10.1. The molecular formula is C18H22BrN2O9P. The van der Waals surface area contributed by atoms with E-state index in [1.54, 1.807) is 18.2 Å². The van der Waals surface area contributed by atoms with Crippen molar-refractivity contribution in [3.8, 4) is 0 Å². The van der Waals surface area contributed by atoms with Gasteiger partial charge in [0.15, 0.2) is 0 Å². The van der Waals surface area contributed by atoms with Crippen LogP contribution in [-0.4, -0.2) is 66.8 Å². The molecule has 1 heterocycles. The van der Waals surface area contributed by atoms with Crippen molar-refractivity contribution in [3.05, 3.63) is 39.4 Å². The fourth-order valence-corrected chi connectivity index (χ4v) is 4.80. The lowest BCUT2D eigenvalue weighted by Crippen LogP contribution is -2.35. The zero-order valence-corrected chi connectivity index (χ0v) is 18.8. The molecule has 1 aliphatic carbocycles. The van der Waals surface area contributed by atoms with Gasteiger partial charge in [-0.1, -0.05) is 6.07 Å². The third-order valence-corrected chi connectivity index (χ3v) is 6.78. The van der Waals surface area contributed by atoms with E-state index in [0.29, 0.717) is 15.4 Å². The highest BCUT2D eigenvalue weighted by Crippen LogP contribution is 2.44. The predicted octanol–water partition coefficient (Wildman–Crippen LogP) is 0.525. The molecule has 1 fully saturated rings. The van der Waals surface area contributed by atoms with E-state index >= 15 is 0 Å². The van der Waals surface area contributed by atoms with Crippen molar-refractivity contribution in [1.82, 2.24) is 9.55 Å². The van der Waals surface area contributed by atoms with Crippen molar-refractivity contribution >= 4 is 40.4 Å². The van der Waals surface area contributed by atoms with E-state index in [9.17, 15) is 34.2 Å². The fraction of sp³-hybridized carbons (Fsp3) is 0.500. The van der Waals surface area contributed by atoms with Crippen LogP contribution in [0.5, 0.6) is 0 Å². The molecule has 170 valence electrons. The summed E-state index contributed by atoms with van der Waals surface area (Å²) in [7, 11) is -4.98. The van der Waals surface area contributed by atoms with Crippen LogP contribution in [0.4, 0.5) is 0 Å². The van der Waals surface area contributed by atoms with Gasteiger partial charge < -0.3 is 29.5 Å². The summed E-state index contributed by atoms with van der Waals surface area (Å²) in [4.78, 5) is 47.8. The Bertz CT molecular complexity index is 1070. The summed E-state index contributed by atoms with van der Waals surface area (Å²) in [6, 6.07) is 4.23. The first kappa shape index (κ1) is 24.0. The van der Waals surface area contributed by atoms with Crippen LogP contribution in [0.15, 0.2) is 33.8 Å². The first-order valence-corrected chi connectivity index (χ1v) is 11.9. The number of nitrogens with zero attached hydrogens (tertiary/aromatic N) is 2. The van der Waals surface area contributed by atoms with E-state index in [4.69, 9.17) is 4.74 Å². The van der Waals surface area contributed by atoms with Crippen LogP contribution >= 0.6 is 23.5 Å². The van der Waals surface area contributed by atoms with E-state index in [1.807, 2.05) is 0 Å². The number of aliphatic hydroxyl groups excluding tert-OH is 2. The summed E-state index contributed by atoms with van der Waals surface area (Å²) in [5.74, 6) is -4.16. The monoisotopic (exact) mass is 520 g/mol. The van der Waals surface area contributed by atoms with Crippen LogP contribution < -0.4 is 5.56 Å². The molecule has 11 nitrogen and oxygen atoms in total. The summed E-state index contributed by atoms with van der Waals surface area (Å²) in [6.45, 7) is 0.936. The number of hydrogen-bond donors (Lipinski definition) is 4. The number of carbonyl (C=O) groups is 1. The number of benzene rings is 1. The number of ether oxygens (including phenoxy) is 2. The third kappa shape index (κ3) is 4.90.